The summed E-state index contributed by atoms with van der Waals surface area (Å²) in [4.78, 5) is 12.0. The number of rotatable bonds is 6. The SMILES string of the molecule is CC(C)CC(C(=O)O)c1cc(-c2cc(F)cc(F)c2)cc(-c2cc(F)cc(C(F)(F)F)c2)c1. The predicted molar refractivity (Wildman–Crippen MR) is 112 cm³/mol. The maximum absolute atomic E-state index is 14.0. The fourth-order valence-corrected chi connectivity index (χ4v) is 3.68. The van der Waals surface area contributed by atoms with Crippen LogP contribution in [-0.2, 0) is 11.0 Å². The second kappa shape index (κ2) is 9.29. The molecule has 0 aliphatic heterocycles. The third-order valence-corrected chi connectivity index (χ3v) is 5.12. The Morgan fingerprint density at radius 2 is 1.21 bits per heavy atom. The van der Waals surface area contributed by atoms with Gasteiger partial charge in [0, 0.05) is 6.07 Å². The van der Waals surface area contributed by atoms with Gasteiger partial charge in [-0.05, 0) is 76.6 Å². The number of benzene rings is 3. The second-order valence-electron chi connectivity index (χ2n) is 8.25. The minimum atomic E-state index is -4.80. The number of alkyl halides is 3. The van der Waals surface area contributed by atoms with Gasteiger partial charge < -0.3 is 5.11 Å². The number of hydrogen-bond donors (Lipinski definition) is 1. The number of carbonyl (C=O) groups is 1. The Bertz CT molecular complexity index is 1160. The Morgan fingerprint density at radius 3 is 1.67 bits per heavy atom. The summed E-state index contributed by atoms with van der Waals surface area (Å²) in [5.41, 5.74) is -0.780. The van der Waals surface area contributed by atoms with Gasteiger partial charge >= 0.3 is 12.1 Å². The molecule has 8 heteroatoms. The molecule has 1 N–H and O–H groups in total. The summed E-state index contributed by atoms with van der Waals surface area (Å²) >= 11 is 0. The molecular formula is C25H20F6O2. The highest BCUT2D eigenvalue weighted by Crippen LogP contribution is 2.37. The zero-order valence-electron chi connectivity index (χ0n) is 17.7. The van der Waals surface area contributed by atoms with Crippen LogP contribution in [0, 0.1) is 23.4 Å². The summed E-state index contributed by atoms with van der Waals surface area (Å²) in [6, 6.07) is 8.86. The van der Waals surface area contributed by atoms with Gasteiger partial charge in [-0.25, -0.2) is 13.2 Å². The molecular weight excluding hydrogens is 446 g/mol. The van der Waals surface area contributed by atoms with Crippen molar-refractivity contribution in [1.29, 1.82) is 0 Å². The van der Waals surface area contributed by atoms with Crippen molar-refractivity contribution >= 4 is 5.97 Å². The van der Waals surface area contributed by atoms with Gasteiger partial charge in [0.05, 0.1) is 11.5 Å². The number of carboxylic acid groups (broad SMARTS) is 1. The van der Waals surface area contributed by atoms with Crippen LogP contribution in [0.2, 0.25) is 0 Å². The normalized spacial score (nSPS) is 12.8. The molecule has 1 unspecified atom stereocenters. The number of halogens is 6. The molecule has 3 aromatic carbocycles. The molecule has 2 nitrogen and oxygen atoms in total. The molecule has 0 bridgehead atoms. The average Bonchev–Trinajstić information content (AvgIpc) is 2.69. The number of carboxylic acids is 1. The molecule has 0 amide bonds. The highest BCUT2D eigenvalue weighted by Gasteiger charge is 2.31. The highest BCUT2D eigenvalue weighted by molar-refractivity contribution is 5.80. The summed E-state index contributed by atoms with van der Waals surface area (Å²) in [6.45, 7) is 3.62. The molecule has 0 aliphatic carbocycles. The van der Waals surface area contributed by atoms with E-state index in [-0.39, 0.29) is 40.2 Å². The third-order valence-electron chi connectivity index (χ3n) is 5.12. The van der Waals surface area contributed by atoms with Gasteiger partial charge in [-0.2, -0.15) is 13.2 Å². The molecule has 3 rings (SSSR count). The van der Waals surface area contributed by atoms with Gasteiger partial charge in [0.15, 0.2) is 0 Å². The van der Waals surface area contributed by atoms with E-state index in [0.717, 1.165) is 24.3 Å². The van der Waals surface area contributed by atoms with E-state index in [1.165, 1.54) is 18.2 Å². The first-order valence-corrected chi connectivity index (χ1v) is 10.1. The van der Waals surface area contributed by atoms with Gasteiger partial charge in [0.2, 0.25) is 0 Å². The summed E-state index contributed by atoms with van der Waals surface area (Å²) in [6.07, 6.45) is -4.59. The summed E-state index contributed by atoms with van der Waals surface area (Å²) in [7, 11) is 0. The predicted octanol–water partition coefficient (Wildman–Crippen LogP) is 7.67. The summed E-state index contributed by atoms with van der Waals surface area (Å²) < 4.78 is 81.4. The highest BCUT2D eigenvalue weighted by atomic mass is 19.4. The van der Waals surface area contributed by atoms with E-state index < -0.39 is 41.1 Å². The lowest BCUT2D eigenvalue weighted by Crippen LogP contribution is -2.14. The van der Waals surface area contributed by atoms with Crippen molar-refractivity contribution in [2.24, 2.45) is 5.92 Å². The first-order chi connectivity index (χ1) is 15.3. The van der Waals surface area contributed by atoms with E-state index >= 15 is 0 Å². The average molecular weight is 466 g/mol. The van der Waals surface area contributed by atoms with Crippen LogP contribution in [0.4, 0.5) is 26.3 Å². The topological polar surface area (TPSA) is 37.3 Å². The zero-order valence-corrected chi connectivity index (χ0v) is 17.7. The van der Waals surface area contributed by atoms with E-state index in [1.807, 2.05) is 13.8 Å². The summed E-state index contributed by atoms with van der Waals surface area (Å²) in [5, 5.41) is 9.75. The standard InChI is InChI=1S/C25H20F6O2/c1-13(2)3-23(24(32)33)18-5-14(16-7-19(25(29,30)31)11-20(26)8-16)4-15(6-18)17-9-21(27)12-22(28)10-17/h4-13,23H,3H2,1-2H3,(H,32,33). The lowest BCUT2D eigenvalue weighted by Gasteiger charge is -2.19. The molecule has 174 valence electrons. The minimum absolute atomic E-state index is 0.0316. The van der Waals surface area contributed by atoms with Gasteiger partial charge in [-0.1, -0.05) is 26.0 Å². The van der Waals surface area contributed by atoms with Gasteiger partial charge in [-0.15, -0.1) is 0 Å². The molecule has 3 aromatic rings. The Kier molecular flexibility index (Phi) is 6.86. The third kappa shape index (κ3) is 5.94. The number of aliphatic carboxylic acids is 1. The van der Waals surface area contributed by atoms with E-state index in [2.05, 4.69) is 0 Å². The molecule has 0 radical (unpaired) electrons. The van der Waals surface area contributed by atoms with Crippen LogP contribution in [0.3, 0.4) is 0 Å². The van der Waals surface area contributed by atoms with E-state index in [1.54, 1.807) is 0 Å². The van der Waals surface area contributed by atoms with Crippen LogP contribution in [0.25, 0.3) is 22.3 Å². The minimum Gasteiger partial charge on any atom is -0.481 e. The van der Waals surface area contributed by atoms with Gasteiger partial charge in [0.25, 0.3) is 0 Å². The molecule has 0 spiro atoms. The Morgan fingerprint density at radius 1 is 0.758 bits per heavy atom. The van der Waals surface area contributed by atoms with Crippen LogP contribution in [-0.4, -0.2) is 11.1 Å². The molecule has 1 atom stereocenters. The lowest BCUT2D eigenvalue weighted by molar-refractivity contribution is -0.139. The fourth-order valence-electron chi connectivity index (χ4n) is 3.68. The molecule has 0 aliphatic rings. The quantitative estimate of drug-likeness (QED) is 0.379. The maximum atomic E-state index is 14.0. The van der Waals surface area contributed by atoms with Gasteiger partial charge in [0.1, 0.15) is 17.5 Å². The van der Waals surface area contributed by atoms with E-state index in [0.29, 0.717) is 12.1 Å². The first-order valence-electron chi connectivity index (χ1n) is 10.1. The van der Waals surface area contributed by atoms with E-state index in [9.17, 15) is 36.2 Å². The second-order valence-corrected chi connectivity index (χ2v) is 8.25. The van der Waals surface area contributed by atoms with Crippen LogP contribution >= 0.6 is 0 Å². The zero-order chi connectivity index (χ0) is 24.5. The van der Waals surface area contributed by atoms with Crippen LogP contribution in [0.15, 0.2) is 54.6 Å². The van der Waals surface area contributed by atoms with Crippen molar-refractivity contribution in [1.82, 2.24) is 0 Å². The maximum Gasteiger partial charge on any atom is 0.416 e. The van der Waals surface area contributed by atoms with Crippen molar-refractivity contribution in [3.05, 3.63) is 83.2 Å². The van der Waals surface area contributed by atoms with Crippen molar-refractivity contribution in [2.75, 3.05) is 0 Å². The Balaban J connectivity index is 2.28. The molecule has 0 fully saturated rings. The van der Waals surface area contributed by atoms with Gasteiger partial charge in [-0.3, -0.25) is 4.79 Å². The molecule has 0 saturated heterocycles. The summed E-state index contributed by atoms with van der Waals surface area (Å²) in [5.74, 6) is -5.10. The number of hydrogen-bond acceptors (Lipinski definition) is 1. The molecule has 33 heavy (non-hydrogen) atoms. The smallest absolute Gasteiger partial charge is 0.416 e. The fraction of sp³-hybridized carbons (Fsp3) is 0.240. The van der Waals surface area contributed by atoms with Crippen molar-refractivity contribution < 1.29 is 36.2 Å². The molecule has 0 saturated carbocycles. The van der Waals surface area contributed by atoms with E-state index in [4.69, 9.17) is 0 Å². The van der Waals surface area contributed by atoms with Crippen LogP contribution in [0.5, 0.6) is 0 Å². The monoisotopic (exact) mass is 466 g/mol. The largest absolute Gasteiger partial charge is 0.481 e. The molecule has 0 aromatic heterocycles. The molecule has 0 heterocycles. The Labute approximate surface area is 186 Å². The van der Waals surface area contributed by atoms with Crippen LogP contribution in [0.1, 0.15) is 37.3 Å². The Hall–Kier alpha value is -3.29. The lowest BCUT2D eigenvalue weighted by atomic mass is 9.86. The first kappa shape index (κ1) is 24.4. The van der Waals surface area contributed by atoms with Crippen LogP contribution < -0.4 is 0 Å². The van der Waals surface area contributed by atoms with Crippen molar-refractivity contribution in [3.8, 4) is 22.3 Å². The van der Waals surface area contributed by atoms with Crippen molar-refractivity contribution in [2.45, 2.75) is 32.4 Å². The van der Waals surface area contributed by atoms with Crippen molar-refractivity contribution in [3.63, 3.8) is 0 Å².